The average Bonchev–Trinajstić information content (AvgIpc) is 2.54. The first-order valence-electron chi connectivity index (χ1n) is 6.38. The first-order chi connectivity index (χ1) is 10.5. The van der Waals surface area contributed by atoms with Gasteiger partial charge in [0.1, 0.15) is 18.1 Å². The Labute approximate surface area is 126 Å². The lowest BCUT2D eigenvalue weighted by atomic mass is 10.2. The molecule has 2 aromatic carbocycles. The van der Waals surface area contributed by atoms with E-state index < -0.39 is 17.6 Å². The number of ether oxygens (including phenoxy) is 3. The fourth-order valence-corrected chi connectivity index (χ4v) is 1.84. The Morgan fingerprint density at radius 2 is 1.77 bits per heavy atom. The second-order valence-electron chi connectivity index (χ2n) is 4.38. The molecule has 2 rings (SSSR count). The van der Waals surface area contributed by atoms with Crippen molar-refractivity contribution in [3.8, 4) is 11.5 Å². The van der Waals surface area contributed by atoms with E-state index in [2.05, 4.69) is 0 Å². The van der Waals surface area contributed by atoms with Gasteiger partial charge in [-0.25, -0.2) is 13.6 Å². The fraction of sp³-hybridized carbons (Fsp3) is 0.188. The van der Waals surface area contributed by atoms with Gasteiger partial charge in [0, 0.05) is 5.56 Å². The predicted octanol–water partition coefficient (Wildman–Crippen LogP) is 3.34. The lowest BCUT2D eigenvalue weighted by Crippen LogP contribution is -2.07. The van der Waals surface area contributed by atoms with Gasteiger partial charge in [-0.15, -0.1) is 0 Å². The monoisotopic (exact) mass is 308 g/mol. The Bertz CT molecular complexity index is 686. The molecule has 0 saturated carbocycles. The quantitative estimate of drug-likeness (QED) is 0.795. The molecule has 0 aliphatic carbocycles. The van der Waals surface area contributed by atoms with Gasteiger partial charge in [0.2, 0.25) is 0 Å². The Hall–Kier alpha value is -2.63. The zero-order valence-electron chi connectivity index (χ0n) is 12.1. The smallest absolute Gasteiger partial charge is 0.338 e. The number of hydrogen-bond donors (Lipinski definition) is 0. The molecular weight excluding hydrogens is 294 g/mol. The molecule has 0 unspecified atom stereocenters. The molecule has 0 aliphatic heterocycles. The maximum atomic E-state index is 13.1. The molecule has 0 spiro atoms. The van der Waals surface area contributed by atoms with E-state index in [1.54, 1.807) is 18.2 Å². The third-order valence-corrected chi connectivity index (χ3v) is 3.00. The number of carbonyl (C=O) groups excluding carboxylic acids is 1. The molecule has 0 aliphatic rings. The van der Waals surface area contributed by atoms with Crippen molar-refractivity contribution < 1.29 is 27.8 Å². The average molecular weight is 308 g/mol. The molecule has 0 aromatic heterocycles. The van der Waals surface area contributed by atoms with E-state index in [1.165, 1.54) is 14.2 Å². The molecule has 116 valence electrons. The Balaban J connectivity index is 2.11. The molecular formula is C16H14F2O4. The van der Waals surface area contributed by atoms with Gasteiger partial charge in [-0.3, -0.25) is 0 Å². The second-order valence-corrected chi connectivity index (χ2v) is 4.38. The summed E-state index contributed by atoms with van der Waals surface area (Å²) >= 11 is 0. The van der Waals surface area contributed by atoms with E-state index >= 15 is 0 Å². The molecule has 6 heteroatoms. The number of rotatable bonds is 5. The maximum Gasteiger partial charge on any atom is 0.338 e. The van der Waals surface area contributed by atoms with E-state index in [0.29, 0.717) is 17.1 Å². The van der Waals surface area contributed by atoms with Crippen molar-refractivity contribution in [2.24, 2.45) is 0 Å². The third-order valence-electron chi connectivity index (χ3n) is 3.00. The van der Waals surface area contributed by atoms with Gasteiger partial charge in [0.25, 0.3) is 0 Å². The van der Waals surface area contributed by atoms with E-state index in [4.69, 9.17) is 14.2 Å². The van der Waals surface area contributed by atoms with Crippen LogP contribution < -0.4 is 9.47 Å². The minimum Gasteiger partial charge on any atom is -0.497 e. The maximum absolute atomic E-state index is 13.1. The molecule has 0 atom stereocenters. The topological polar surface area (TPSA) is 44.8 Å². The van der Waals surface area contributed by atoms with E-state index in [0.717, 1.165) is 18.2 Å². The van der Waals surface area contributed by atoms with Crippen molar-refractivity contribution in [3.63, 3.8) is 0 Å². The molecule has 2 aromatic rings. The zero-order valence-corrected chi connectivity index (χ0v) is 12.1. The van der Waals surface area contributed by atoms with Crippen molar-refractivity contribution in [2.45, 2.75) is 6.61 Å². The summed E-state index contributed by atoms with van der Waals surface area (Å²) in [4.78, 5) is 11.9. The lowest BCUT2D eigenvalue weighted by Gasteiger charge is -2.11. The number of methoxy groups -OCH3 is 2. The van der Waals surface area contributed by atoms with Crippen molar-refractivity contribution in [1.82, 2.24) is 0 Å². The molecule has 0 bridgehead atoms. The molecule has 4 nitrogen and oxygen atoms in total. The van der Waals surface area contributed by atoms with Gasteiger partial charge in [0.15, 0.2) is 11.6 Å². The standard InChI is InChI=1S/C16H14F2O4/c1-20-12-4-6-15(21-2)11(7-12)9-22-16(19)10-3-5-13(17)14(18)8-10/h3-8H,9H2,1-2H3. The van der Waals surface area contributed by atoms with Gasteiger partial charge in [-0.1, -0.05) is 0 Å². The molecule has 22 heavy (non-hydrogen) atoms. The van der Waals surface area contributed by atoms with Crippen LogP contribution in [0.15, 0.2) is 36.4 Å². The molecule has 0 radical (unpaired) electrons. The van der Waals surface area contributed by atoms with Crippen LogP contribution in [0.3, 0.4) is 0 Å². The van der Waals surface area contributed by atoms with Crippen LogP contribution in [-0.4, -0.2) is 20.2 Å². The van der Waals surface area contributed by atoms with E-state index in [9.17, 15) is 13.6 Å². The van der Waals surface area contributed by atoms with Crippen LogP contribution >= 0.6 is 0 Å². The Kier molecular flexibility index (Phi) is 4.93. The number of carbonyl (C=O) groups is 1. The first kappa shape index (κ1) is 15.8. The van der Waals surface area contributed by atoms with Crippen LogP contribution in [0.25, 0.3) is 0 Å². The lowest BCUT2D eigenvalue weighted by molar-refractivity contribution is 0.0469. The Morgan fingerprint density at radius 3 is 2.41 bits per heavy atom. The summed E-state index contributed by atoms with van der Waals surface area (Å²) in [5.74, 6) is -1.78. The summed E-state index contributed by atoms with van der Waals surface area (Å²) in [5.41, 5.74) is 0.526. The summed E-state index contributed by atoms with van der Waals surface area (Å²) < 4.78 is 41.3. The third kappa shape index (κ3) is 3.52. The van der Waals surface area contributed by atoms with Crippen LogP contribution in [0.5, 0.6) is 11.5 Å². The summed E-state index contributed by atoms with van der Waals surface area (Å²) in [5, 5.41) is 0. The molecule has 0 heterocycles. The molecule has 0 amide bonds. The van der Waals surface area contributed by atoms with Gasteiger partial charge >= 0.3 is 5.97 Å². The van der Waals surface area contributed by atoms with Crippen LogP contribution in [0, 0.1) is 11.6 Å². The largest absolute Gasteiger partial charge is 0.497 e. The number of hydrogen-bond acceptors (Lipinski definition) is 4. The minimum absolute atomic E-state index is 0.0687. The SMILES string of the molecule is COc1ccc(OC)c(COC(=O)c2ccc(F)c(F)c2)c1. The highest BCUT2D eigenvalue weighted by atomic mass is 19.2. The molecule has 0 saturated heterocycles. The zero-order chi connectivity index (χ0) is 16.1. The Morgan fingerprint density at radius 1 is 1.00 bits per heavy atom. The van der Waals surface area contributed by atoms with Crippen molar-refractivity contribution in [1.29, 1.82) is 0 Å². The van der Waals surface area contributed by atoms with Gasteiger partial charge in [-0.2, -0.15) is 0 Å². The highest BCUT2D eigenvalue weighted by molar-refractivity contribution is 5.89. The minimum atomic E-state index is -1.10. The normalized spacial score (nSPS) is 10.2. The van der Waals surface area contributed by atoms with Crippen LogP contribution in [0.4, 0.5) is 8.78 Å². The van der Waals surface area contributed by atoms with Crippen LogP contribution in [0.1, 0.15) is 15.9 Å². The predicted molar refractivity (Wildman–Crippen MR) is 75.0 cm³/mol. The van der Waals surface area contributed by atoms with E-state index in [1.807, 2.05) is 0 Å². The highest BCUT2D eigenvalue weighted by Crippen LogP contribution is 2.25. The second kappa shape index (κ2) is 6.89. The summed E-state index contributed by atoms with van der Waals surface area (Å²) in [6.45, 7) is -0.0851. The van der Waals surface area contributed by atoms with Crippen molar-refractivity contribution in [2.75, 3.05) is 14.2 Å². The summed E-state index contributed by atoms with van der Waals surface area (Å²) in [7, 11) is 3.00. The van der Waals surface area contributed by atoms with Gasteiger partial charge in [0.05, 0.1) is 19.8 Å². The number of esters is 1. The highest BCUT2D eigenvalue weighted by Gasteiger charge is 2.13. The summed E-state index contributed by atoms with van der Waals surface area (Å²) in [6, 6.07) is 7.87. The van der Waals surface area contributed by atoms with Gasteiger partial charge in [-0.05, 0) is 36.4 Å². The van der Waals surface area contributed by atoms with Crippen molar-refractivity contribution >= 4 is 5.97 Å². The van der Waals surface area contributed by atoms with Crippen molar-refractivity contribution in [3.05, 3.63) is 59.2 Å². The van der Waals surface area contributed by atoms with Gasteiger partial charge < -0.3 is 14.2 Å². The molecule has 0 fully saturated rings. The first-order valence-corrected chi connectivity index (χ1v) is 6.38. The number of benzene rings is 2. The summed E-state index contributed by atoms with van der Waals surface area (Å²) in [6.07, 6.45) is 0. The number of halogens is 2. The van der Waals surface area contributed by atoms with Crippen LogP contribution in [-0.2, 0) is 11.3 Å². The molecule has 0 N–H and O–H groups in total. The van der Waals surface area contributed by atoms with Crippen LogP contribution in [0.2, 0.25) is 0 Å². The van der Waals surface area contributed by atoms with E-state index in [-0.39, 0.29) is 12.2 Å². The fourth-order valence-electron chi connectivity index (χ4n) is 1.84.